The highest BCUT2D eigenvalue weighted by Crippen LogP contribution is 2.37. The molecule has 0 aliphatic rings. The highest BCUT2D eigenvalue weighted by Gasteiger charge is 2.36. The summed E-state index contributed by atoms with van der Waals surface area (Å²) >= 11 is 2.88. The summed E-state index contributed by atoms with van der Waals surface area (Å²) in [7, 11) is 0. The standard InChI is InChI=1S/C8H5BrF3N3/c9-5-6(4-1-2-13-3-4)14-15-7(5)8(10,11)12/h1-3,13H,(H,14,15). The number of hydrogen-bond acceptors (Lipinski definition) is 1. The Morgan fingerprint density at radius 1 is 1.33 bits per heavy atom. The summed E-state index contributed by atoms with van der Waals surface area (Å²) in [6.45, 7) is 0. The predicted molar refractivity (Wildman–Crippen MR) is 51.1 cm³/mol. The molecule has 0 amide bonds. The number of nitrogens with one attached hydrogen (secondary N) is 2. The number of rotatable bonds is 1. The van der Waals surface area contributed by atoms with Crippen LogP contribution >= 0.6 is 15.9 Å². The zero-order valence-electron chi connectivity index (χ0n) is 7.19. The summed E-state index contributed by atoms with van der Waals surface area (Å²) in [6, 6.07) is 1.64. The number of hydrogen-bond donors (Lipinski definition) is 2. The molecule has 0 fully saturated rings. The molecule has 0 aromatic carbocycles. The molecule has 2 N–H and O–H groups in total. The Bertz CT molecular complexity index is 458. The molecule has 2 aromatic rings. The normalized spacial score (nSPS) is 12.0. The fourth-order valence-electron chi connectivity index (χ4n) is 1.18. The van der Waals surface area contributed by atoms with E-state index >= 15 is 0 Å². The van der Waals surface area contributed by atoms with Gasteiger partial charge in [0.2, 0.25) is 0 Å². The number of aromatic nitrogens is 3. The number of alkyl halides is 3. The zero-order valence-corrected chi connectivity index (χ0v) is 8.78. The molecule has 0 unspecified atom stereocenters. The van der Waals surface area contributed by atoms with E-state index in [1.54, 1.807) is 18.5 Å². The number of halogens is 4. The van der Waals surface area contributed by atoms with Gasteiger partial charge in [-0.1, -0.05) is 0 Å². The van der Waals surface area contributed by atoms with Crippen molar-refractivity contribution in [3.63, 3.8) is 0 Å². The van der Waals surface area contributed by atoms with Crippen molar-refractivity contribution in [2.45, 2.75) is 6.18 Å². The number of H-pyrrole nitrogens is 2. The molecule has 2 heterocycles. The van der Waals surface area contributed by atoms with Gasteiger partial charge in [0, 0.05) is 18.0 Å². The van der Waals surface area contributed by atoms with Gasteiger partial charge in [-0.25, -0.2) is 0 Å². The zero-order chi connectivity index (χ0) is 11.1. The van der Waals surface area contributed by atoms with Crippen LogP contribution in [0.5, 0.6) is 0 Å². The Morgan fingerprint density at radius 2 is 2.07 bits per heavy atom. The van der Waals surface area contributed by atoms with Crippen molar-refractivity contribution in [2.75, 3.05) is 0 Å². The molecule has 2 aromatic heterocycles. The number of aromatic amines is 2. The Kier molecular flexibility index (Phi) is 2.34. The molecule has 0 saturated carbocycles. The molecule has 80 valence electrons. The third-order valence-corrected chi connectivity index (χ3v) is 2.63. The minimum absolute atomic E-state index is 0.0744. The van der Waals surface area contributed by atoms with Gasteiger partial charge < -0.3 is 4.98 Å². The predicted octanol–water partition coefficient (Wildman–Crippen LogP) is 3.19. The lowest BCUT2D eigenvalue weighted by molar-refractivity contribution is -0.141. The molecule has 0 radical (unpaired) electrons. The molecular weight excluding hydrogens is 275 g/mol. The van der Waals surface area contributed by atoms with Crippen molar-refractivity contribution in [3.8, 4) is 11.3 Å². The first kappa shape index (κ1) is 10.3. The first-order valence-corrected chi connectivity index (χ1v) is 4.73. The van der Waals surface area contributed by atoms with Crippen molar-refractivity contribution >= 4 is 15.9 Å². The van der Waals surface area contributed by atoms with Crippen LogP contribution in [-0.4, -0.2) is 15.2 Å². The van der Waals surface area contributed by atoms with Crippen molar-refractivity contribution < 1.29 is 13.2 Å². The highest BCUT2D eigenvalue weighted by molar-refractivity contribution is 9.10. The molecule has 0 aliphatic carbocycles. The van der Waals surface area contributed by atoms with Gasteiger partial charge in [0.05, 0.1) is 4.47 Å². The monoisotopic (exact) mass is 279 g/mol. The smallest absolute Gasteiger partial charge is 0.367 e. The van der Waals surface area contributed by atoms with E-state index in [-0.39, 0.29) is 10.2 Å². The van der Waals surface area contributed by atoms with Gasteiger partial charge >= 0.3 is 6.18 Å². The second-order valence-electron chi connectivity index (χ2n) is 2.86. The van der Waals surface area contributed by atoms with E-state index in [1.165, 1.54) is 0 Å². The lowest BCUT2D eigenvalue weighted by Gasteiger charge is -2.02. The van der Waals surface area contributed by atoms with Gasteiger partial charge in [0.15, 0.2) is 5.69 Å². The Labute approximate surface area is 90.8 Å². The van der Waals surface area contributed by atoms with E-state index in [1.807, 2.05) is 5.10 Å². The van der Waals surface area contributed by atoms with Crippen LogP contribution in [0.25, 0.3) is 11.3 Å². The molecule has 0 saturated heterocycles. The van der Waals surface area contributed by atoms with E-state index in [4.69, 9.17) is 0 Å². The van der Waals surface area contributed by atoms with Gasteiger partial charge in [0.25, 0.3) is 0 Å². The summed E-state index contributed by atoms with van der Waals surface area (Å²) in [5.74, 6) is 0. The molecule has 0 atom stereocenters. The van der Waals surface area contributed by atoms with Gasteiger partial charge in [0.1, 0.15) is 5.69 Å². The summed E-state index contributed by atoms with van der Waals surface area (Å²) in [6.07, 6.45) is -1.24. The fourth-order valence-corrected chi connectivity index (χ4v) is 1.81. The second-order valence-corrected chi connectivity index (χ2v) is 3.65. The highest BCUT2D eigenvalue weighted by atomic mass is 79.9. The third-order valence-electron chi connectivity index (χ3n) is 1.86. The van der Waals surface area contributed by atoms with Crippen LogP contribution in [-0.2, 0) is 6.18 Å². The Hall–Kier alpha value is -1.24. The lowest BCUT2D eigenvalue weighted by Crippen LogP contribution is -2.06. The van der Waals surface area contributed by atoms with E-state index < -0.39 is 11.9 Å². The van der Waals surface area contributed by atoms with Crippen LogP contribution in [0.1, 0.15) is 5.69 Å². The van der Waals surface area contributed by atoms with Crippen molar-refractivity contribution in [3.05, 3.63) is 28.6 Å². The van der Waals surface area contributed by atoms with Crippen LogP contribution in [0, 0.1) is 0 Å². The second kappa shape index (κ2) is 3.41. The van der Waals surface area contributed by atoms with Crippen LogP contribution in [0.4, 0.5) is 13.2 Å². The minimum atomic E-state index is -4.43. The molecule has 0 spiro atoms. The van der Waals surface area contributed by atoms with Crippen molar-refractivity contribution in [2.24, 2.45) is 0 Å². The first-order chi connectivity index (χ1) is 7.00. The maximum Gasteiger partial charge on any atom is 0.433 e. The minimum Gasteiger partial charge on any atom is -0.367 e. The van der Waals surface area contributed by atoms with E-state index in [0.29, 0.717) is 5.56 Å². The SMILES string of the molecule is FC(F)(F)c1[nH]nc(-c2cc[nH]c2)c1Br. The third kappa shape index (κ3) is 1.79. The molecule has 3 nitrogen and oxygen atoms in total. The van der Waals surface area contributed by atoms with E-state index in [2.05, 4.69) is 26.0 Å². The van der Waals surface area contributed by atoms with Crippen LogP contribution in [0.3, 0.4) is 0 Å². The van der Waals surface area contributed by atoms with Crippen molar-refractivity contribution in [1.29, 1.82) is 0 Å². The van der Waals surface area contributed by atoms with Crippen LogP contribution in [0.15, 0.2) is 22.9 Å². The van der Waals surface area contributed by atoms with Crippen molar-refractivity contribution in [1.82, 2.24) is 15.2 Å². The summed E-state index contributed by atoms with van der Waals surface area (Å²) in [5, 5.41) is 5.58. The van der Waals surface area contributed by atoms with Gasteiger partial charge in [-0.2, -0.15) is 18.3 Å². The first-order valence-electron chi connectivity index (χ1n) is 3.94. The quantitative estimate of drug-likeness (QED) is 0.827. The molecule has 0 bridgehead atoms. The van der Waals surface area contributed by atoms with Crippen LogP contribution < -0.4 is 0 Å². The average Bonchev–Trinajstić information content (AvgIpc) is 2.69. The number of nitrogens with zero attached hydrogens (tertiary/aromatic N) is 1. The maximum absolute atomic E-state index is 12.4. The van der Waals surface area contributed by atoms with Crippen LogP contribution in [0.2, 0.25) is 0 Å². The van der Waals surface area contributed by atoms with E-state index in [0.717, 1.165) is 0 Å². The van der Waals surface area contributed by atoms with Gasteiger partial charge in [-0.3, -0.25) is 5.10 Å². The Balaban J connectivity index is 2.50. The molecule has 2 rings (SSSR count). The van der Waals surface area contributed by atoms with Gasteiger partial charge in [-0.05, 0) is 22.0 Å². The van der Waals surface area contributed by atoms with Gasteiger partial charge in [-0.15, -0.1) is 0 Å². The topological polar surface area (TPSA) is 44.5 Å². The summed E-state index contributed by atoms with van der Waals surface area (Å²) < 4.78 is 37.1. The molecule has 15 heavy (non-hydrogen) atoms. The molecule has 7 heteroatoms. The maximum atomic E-state index is 12.4. The summed E-state index contributed by atoms with van der Waals surface area (Å²) in [4.78, 5) is 2.75. The fraction of sp³-hybridized carbons (Fsp3) is 0.125. The van der Waals surface area contributed by atoms with E-state index in [9.17, 15) is 13.2 Å². The lowest BCUT2D eigenvalue weighted by atomic mass is 10.2. The summed E-state index contributed by atoms with van der Waals surface area (Å²) in [5.41, 5.74) is -0.0455. The molecular formula is C8H5BrF3N3. The molecule has 0 aliphatic heterocycles. The Morgan fingerprint density at radius 3 is 2.53 bits per heavy atom. The largest absolute Gasteiger partial charge is 0.433 e. The average molecular weight is 280 g/mol.